The molecule has 0 saturated carbocycles. The van der Waals surface area contributed by atoms with Crippen LogP contribution in [0.3, 0.4) is 0 Å². The fourth-order valence-electron chi connectivity index (χ4n) is 0.256. The highest BCUT2D eigenvalue weighted by Gasteiger charge is 1.91. The quantitative estimate of drug-likeness (QED) is 0.522. The van der Waals surface area contributed by atoms with Crippen LogP contribution >= 0.6 is 0 Å². The monoisotopic (exact) mass is 194 g/mol. The first-order valence-corrected chi connectivity index (χ1v) is 5.24. The third-order valence-corrected chi connectivity index (χ3v) is 1.17. The Kier molecular flexibility index (Phi) is 9.81. The zero-order chi connectivity index (χ0) is 10.0. The highest BCUT2D eigenvalue weighted by Crippen LogP contribution is 1.88. The molecule has 0 aliphatic heterocycles. The molecule has 0 saturated heterocycles. The fraction of sp³-hybridized carbons (Fsp3) is 0.833. The minimum absolute atomic E-state index is 0.719. The van der Waals surface area contributed by atoms with Crippen molar-refractivity contribution >= 4 is 10.1 Å². The minimum atomic E-state index is -3.38. The molecule has 0 heterocycles. The number of unbranched alkanes of at least 4 members (excludes halogenated alkanes) is 2. The first kappa shape index (κ1) is 13.9. The number of nitrogens with zero attached hydrogens (tertiary/aromatic N) is 1. The molecule has 0 aromatic carbocycles. The Labute approximate surface area is 73.2 Å². The van der Waals surface area contributed by atoms with Gasteiger partial charge >= 0.3 is 0 Å². The smallest absolute Gasteiger partial charge is 0.198 e. The van der Waals surface area contributed by atoms with Crippen LogP contribution in [0.4, 0.5) is 0 Å². The topological polar surface area (TPSA) is 93.2 Å². The average Bonchev–Trinajstić information content (AvgIpc) is 2.01. The molecule has 0 unspecified atom stereocenters. The standard InChI is InChI=1S/C5H9N.CH5NO3S/c1-2-3-4-5-6;1-6(3,4)5-2/h2-4H2,1H3;2H2,1H3. The Morgan fingerprint density at radius 1 is 1.58 bits per heavy atom. The lowest BCUT2D eigenvalue weighted by Gasteiger charge is -1.83. The normalized spacial score (nSPS) is 9.50. The molecule has 0 aromatic rings. The maximum atomic E-state index is 9.65. The first-order valence-electron chi connectivity index (χ1n) is 3.43. The van der Waals surface area contributed by atoms with Crippen molar-refractivity contribution in [2.24, 2.45) is 5.90 Å². The van der Waals surface area contributed by atoms with Gasteiger partial charge in [-0.15, -0.1) is 0 Å². The molecule has 0 bridgehead atoms. The van der Waals surface area contributed by atoms with Gasteiger partial charge in [-0.05, 0) is 6.42 Å². The summed E-state index contributed by atoms with van der Waals surface area (Å²) in [6, 6.07) is 2.07. The molecule has 5 nitrogen and oxygen atoms in total. The maximum Gasteiger partial charge on any atom is 0.280 e. The molecule has 0 fully saturated rings. The van der Waals surface area contributed by atoms with Crippen LogP contribution in [0.25, 0.3) is 0 Å². The van der Waals surface area contributed by atoms with E-state index in [4.69, 9.17) is 5.26 Å². The van der Waals surface area contributed by atoms with E-state index in [1.165, 1.54) is 0 Å². The zero-order valence-corrected chi connectivity index (χ0v) is 8.10. The fourth-order valence-corrected chi connectivity index (χ4v) is 0.256. The molecule has 72 valence electrons. The van der Waals surface area contributed by atoms with E-state index in [2.05, 4.69) is 23.2 Å². The predicted octanol–water partition coefficient (Wildman–Crippen LogP) is 0.536. The van der Waals surface area contributed by atoms with Crippen LogP contribution in [0.5, 0.6) is 0 Å². The van der Waals surface area contributed by atoms with Crippen molar-refractivity contribution in [3.8, 4) is 6.07 Å². The van der Waals surface area contributed by atoms with Crippen LogP contribution in [0, 0.1) is 11.3 Å². The van der Waals surface area contributed by atoms with Crippen molar-refractivity contribution < 1.29 is 12.7 Å². The summed E-state index contributed by atoms with van der Waals surface area (Å²) in [5.74, 6) is 4.22. The van der Waals surface area contributed by atoms with Gasteiger partial charge in [0.1, 0.15) is 0 Å². The molecule has 0 atom stereocenters. The molecule has 0 aliphatic carbocycles. The van der Waals surface area contributed by atoms with Gasteiger partial charge in [0.25, 0.3) is 10.1 Å². The van der Waals surface area contributed by atoms with Gasteiger partial charge in [-0.25, -0.2) is 0 Å². The van der Waals surface area contributed by atoms with Crippen LogP contribution in [-0.2, 0) is 14.4 Å². The lowest BCUT2D eigenvalue weighted by molar-refractivity contribution is 0.337. The van der Waals surface area contributed by atoms with E-state index in [1.54, 1.807) is 0 Å². The van der Waals surface area contributed by atoms with Crippen LogP contribution in [0.1, 0.15) is 26.2 Å². The molecule has 0 radical (unpaired) electrons. The summed E-state index contributed by atoms with van der Waals surface area (Å²) in [6.45, 7) is 2.08. The van der Waals surface area contributed by atoms with E-state index < -0.39 is 10.1 Å². The summed E-state index contributed by atoms with van der Waals surface area (Å²) in [5, 5.41) is 7.95. The SMILES string of the molecule is CCCCC#N.CS(=O)(=O)ON. The predicted molar refractivity (Wildman–Crippen MR) is 45.3 cm³/mol. The molecular weight excluding hydrogens is 180 g/mol. The Hall–Kier alpha value is -0.640. The lowest BCUT2D eigenvalue weighted by Crippen LogP contribution is -2.07. The Balaban J connectivity index is 0. The van der Waals surface area contributed by atoms with Gasteiger partial charge in [0.15, 0.2) is 0 Å². The van der Waals surface area contributed by atoms with E-state index in [-0.39, 0.29) is 0 Å². The van der Waals surface area contributed by atoms with E-state index in [1.807, 2.05) is 0 Å². The van der Waals surface area contributed by atoms with Crippen LogP contribution in [0.15, 0.2) is 0 Å². The van der Waals surface area contributed by atoms with Crippen molar-refractivity contribution in [3.63, 3.8) is 0 Å². The van der Waals surface area contributed by atoms with E-state index in [0.29, 0.717) is 0 Å². The summed E-state index contributed by atoms with van der Waals surface area (Å²) < 4.78 is 22.7. The third-order valence-electron chi connectivity index (χ3n) is 0.817. The third kappa shape index (κ3) is 22.8. The maximum absolute atomic E-state index is 9.65. The number of nitriles is 1. The lowest BCUT2D eigenvalue weighted by atomic mass is 10.3. The van der Waals surface area contributed by atoms with Gasteiger partial charge in [-0.2, -0.15) is 23.9 Å². The molecular formula is C6H14N2O3S. The van der Waals surface area contributed by atoms with Crippen molar-refractivity contribution in [2.45, 2.75) is 26.2 Å². The Morgan fingerprint density at radius 2 is 2.00 bits per heavy atom. The second-order valence-electron chi connectivity index (χ2n) is 2.06. The van der Waals surface area contributed by atoms with Crippen LogP contribution in [0.2, 0.25) is 0 Å². The van der Waals surface area contributed by atoms with Gasteiger partial charge in [0, 0.05) is 6.42 Å². The Morgan fingerprint density at radius 3 is 2.08 bits per heavy atom. The number of hydrogen-bond donors (Lipinski definition) is 1. The number of hydrogen-bond acceptors (Lipinski definition) is 5. The minimum Gasteiger partial charge on any atom is -0.198 e. The molecule has 2 N–H and O–H groups in total. The number of rotatable bonds is 3. The van der Waals surface area contributed by atoms with Crippen molar-refractivity contribution in [3.05, 3.63) is 0 Å². The average molecular weight is 194 g/mol. The van der Waals surface area contributed by atoms with Crippen molar-refractivity contribution in [2.75, 3.05) is 6.26 Å². The van der Waals surface area contributed by atoms with Crippen molar-refractivity contribution in [1.82, 2.24) is 0 Å². The molecule has 0 aromatic heterocycles. The Bertz CT molecular complexity index is 217. The highest BCUT2D eigenvalue weighted by atomic mass is 32.2. The molecule has 0 aliphatic rings. The van der Waals surface area contributed by atoms with E-state index in [0.717, 1.165) is 25.5 Å². The number of nitrogens with two attached hydrogens (primary N) is 1. The summed E-state index contributed by atoms with van der Waals surface area (Å²) >= 11 is 0. The zero-order valence-electron chi connectivity index (χ0n) is 7.28. The second-order valence-corrected chi connectivity index (χ2v) is 3.66. The van der Waals surface area contributed by atoms with Gasteiger partial charge < -0.3 is 0 Å². The molecule has 0 amide bonds. The highest BCUT2D eigenvalue weighted by molar-refractivity contribution is 7.85. The van der Waals surface area contributed by atoms with Gasteiger partial charge in [-0.1, -0.05) is 13.3 Å². The van der Waals surface area contributed by atoms with Crippen LogP contribution in [-0.4, -0.2) is 14.7 Å². The largest absolute Gasteiger partial charge is 0.280 e. The molecule has 0 spiro atoms. The summed E-state index contributed by atoms with van der Waals surface area (Å²) in [7, 11) is -3.38. The molecule has 6 heteroatoms. The van der Waals surface area contributed by atoms with Crippen LogP contribution < -0.4 is 5.90 Å². The summed E-state index contributed by atoms with van der Waals surface area (Å²) in [4.78, 5) is 0. The van der Waals surface area contributed by atoms with Gasteiger partial charge in [0.2, 0.25) is 0 Å². The second kappa shape index (κ2) is 8.46. The molecule has 0 rings (SSSR count). The van der Waals surface area contributed by atoms with Gasteiger partial charge in [0.05, 0.1) is 12.3 Å². The summed E-state index contributed by atoms with van der Waals surface area (Å²) in [6.07, 6.45) is 3.77. The van der Waals surface area contributed by atoms with Crippen molar-refractivity contribution in [1.29, 1.82) is 5.26 Å². The van der Waals surface area contributed by atoms with Gasteiger partial charge in [-0.3, -0.25) is 0 Å². The van der Waals surface area contributed by atoms with E-state index in [9.17, 15) is 8.42 Å². The molecule has 12 heavy (non-hydrogen) atoms. The summed E-state index contributed by atoms with van der Waals surface area (Å²) in [5.41, 5.74) is 0. The van der Waals surface area contributed by atoms with E-state index >= 15 is 0 Å². The first-order chi connectivity index (χ1) is 5.47.